The molecular weight excluding hydrogens is 558 g/mol. The van der Waals surface area contributed by atoms with Crippen molar-refractivity contribution in [1.29, 1.82) is 0 Å². The first-order valence-corrected chi connectivity index (χ1v) is 18.0. The maximum atomic E-state index is 12.4. The number of rotatable bonds is 32. The van der Waals surface area contributed by atoms with Crippen LogP contribution < -0.4 is 5.11 Å². The first kappa shape index (κ1) is 42.3. The molecule has 0 aliphatic rings. The Morgan fingerprint density at radius 1 is 0.636 bits per heavy atom. The molecule has 44 heavy (non-hydrogen) atoms. The number of carbonyl (C=O) groups excluding carboxylic acids is 3. The minimum atomic E-state index is -1.13. The minimum absolute atomic E-state index is 0.0369. The fourth-order valence-corrected chi connectivity index (χ4v) is 5.50. The lowest BCUT2D eigenvalue weighted by Gasteiger charge is -2.34. The highest BCUT2D eigenvalue weighted by Gasteiger charge is 2.25. The number of carbonyl (C=O) groups is 3. The van der Waals surface area contributed by atoms with E-state index in [9.17, 15) is 19.5 Å². The van der Waals surface area contributed by atoms with Gasteiger partial charge in [-0.05, 0) is 6.42 Å². The fourth-order valence-electron chi connectivity index (χ4n) is 5.50. The summed E-state index contributed by atoms with van der Waals surface area (Å²) in [6.07, 6.45) is 27.5. The molecular formula is C36H69NO7. The predicted octanol–water partition coefficient (Wildman–Crippen LogP) is 7.29. The van der Waals surface area contributed by atoms with Gasteiger partial charge in [-0.1, -0.05) is 135 Å². The molecule has 0 amide bonds. The Bertz CT molecular complexity index is 707. The molecule has 260 valence electrons. The topological polar surface area (TPSA) is 102 Å². The molecule has 0 aromatic heterocycles. The van der Waals surface area contributed by atoms with Gasteiger partial charge >= 0.3 is 11.9 Å². The summed E-state index contributed by atoms with van der Waals surface area (Å²) in [6.45, 7) is 3.70. The number of hydrogen-bond acceptors (Lipinski definition) is 7. The number of hydrogen-bond donors (Lipinski definition) is 0. The molecule has 8 nitrogen and oxygen atoms in total. The second-order valence-corrected chi connectivity index (χ2v) is 13.6. The smallest absolute Gasteiger partial charge is 0.306 e. The summed E-state index contributed by atoms with van der Waals surface area (Å²) in [5.41, 5.74) is 0. The number of ether oxygens (including phenoxy) is 3. The average molecular weight is 628 g/mol. The molecule has 0 aliphatic carbocycles. The molecule has 0 fully saturated rings. The van der Waals surface area contributed by atoms with Crippen LogP contribution in [0.3, 0.4) is 0 Å². The largest absolute Gasteiger partial charge is 0.544 e. The maximum Gasteiger partial charge on any atom is 0.306 e. The molecule has 0 aromatic carbocycles. The highest BCUT2D eigenvalue weighted by atomic mass is 16.6. The van der Waals surface area contributed by atoms with Crippen LogP contribution in [0.25, 0.3) is 0 Å². The molecule has 0 heterocycles. The van der Waals surface area contributed by atoms with Crippen LogP contribution in [0.2, 0.25) is 0 Å². The van der Waals surface area contributed by atoms with E-state index in [1.54, 1.807) is 21.1 Å². The molecule has 0 spiro atoms. The molecule has 2 unspecified atom stereocenters. The minimum Gasteiger partial charge on any atom is -0.544 e. The number of esters is 2. The van der Waals surface area contributed by atoms with Crippen LogP contribution in [0.5, 0.6) is 0 Å². The Balaban J connectivity index is 3.76. The Hall–Kier alpha value is -1.67. The number of likely N-dealkylation sites (N-methyl/N-ethyl adjacent to an activating group) is 1. The highest BCUT2D eigenvalue weighted by Crippen LogP contribution is 2.16. The van der Waals surface area contributed by atoms with Gasteiger partial charge in [-0.2, -0.15) is 0 Å². The van der Waals surface area contributed by atoms with E-state index in [0.717, 1.165) is 19.3 Å². The van der Waals surface area contributed by atoms with Crippen LogP contribution in [0, 0.1) is 0 Å². The Kier molecular flexibility index (Phi) is 27.7. The van der Waals surface area contributed by atoms with Crippen LogP contribution in [0.15, 0.2) is 0 Å². The van der Waals surface area contributed by atoms with Crippen molar-refractivity contribution in [2.24, 2.45) is 0 Å². The quantitative estimate of drug-likeness (QED) is 0.0438. The molecule has 0 saturated carbocycles. The van der Waals surface area contributed by atoms with Crippen LogP contribution in [0.4, 0.5) is 0 Å². The van der Waals surface area contributed by atoms with Gasteiger partial charge in [0.25, 0.3) is 0 Å². The van der Waals surface area contributed by atoms with Gasteiger partial charge in [-0.25, -0.2) is 0 Å². The van der Waals surface area contributed by atoms with E-state index in [1.807, 2.05) is 0 Å². The number of carboxylic acid groups (broad SMARTS) is 1. The number of quaternary nitrogens is 1. The van der Waals surface area contributed by atoms with E-state index in [4.69, 9.17) is 14.2 Å². The van der Waals surface area contributed by atoms with E-state index in [-0.39, 0.29) is 36.7 Å². The summed E-state index contributed by atoms with van der Waals surface area (Å²) in [7, 11) is 5.36. The van der Waals surface area contributed by atoms with Gasteiger partial charge < -0.3 is 28.6 Å². The zero-order chi connectivity index (χ0) is 32.9. The van der Waals surface area contributed by atoms with Crippen LogP contribution >= 0.6 is 0 Å². The fraction of sp³-hybridized carbons (Fsp3) is 0.917. The van der Waals surface area contributed by atoms with Crippen molar-refractivity contribution in [2.75, 3.05) is 41.0 Å². The Labute approximate surface area is 270 Å². The number of nitrogens with zero attached hydrogens (tertiary/aromatic N) is 1. The van der Waals surface area contributed by atoms with Crippen molar-refractivity contribution >= 4 is 17.9 Å². The zero-order valence-corrected chi connectivity index (χ0v) is 29.3. The lowest BCUT2D eigenvalue weighted by atomic mass is 10.0. The second-order valence-electron chi connectivity index (χ2n) is 13.6. The highest BCUT2D eigenvalue weighted by molar-refractivity contribution is 5.70. The molecule has 0 rings (SSSR count). The van der Waals surface area contributed by atoms with Gasteiger partial charge in [0.05, 0.1) is 40.3 Å². The molecule has 0 bridgehead atoms. The summed E-state index contributed by atoms with van der Waals surface area (Å²) in [4.78, 5) is 35.0. The van der Waals surface area contributed by atoms with Gasteiger partial charge in [0.1, 0.15) is 12.6 Å². The van der Waals surface area contributed by atoms with E-state index < -0.39 is 24.1 Å². The van der Waals surface area contributed by atoms with Gasteiger partial charge in [0, 0.05) is 19.8 Å². The molecule has 0 radical (unpaired) electrons. The third kappa shape index (κ3) is 27.8. The third-order valence-electron chi connectivity index (χ3n) is 8.30. The lowest BCUT2D eigenvalue weighted by Crippen LogP contribution is -2.55. The van der Waals surface area contributed by atoms with E-state index in [1.165, 1.54) is 122 Å². The average Bonchev–Trinajstić information content (AvgIpc) is 2.95. The zero-order valence-electron chi connectivity index (χ0n) is 29.3. The van der Waals surface area contributed by atoms with Crippen LogP contribution in [0.1, 0.15) is 162 Å². The van der Waals surface area contributed by atoms with Crippen LogP contribution in [-0.4, -0.2) is 75.5 Å². The van der Waals surface area contributed by atoms with Crippen molar-refractivity contribution in [1.82, 2.24) is 0 Å². The second kappa shape index (κ2) is 28.8. The Morgan fingerprint density at radius 2 is 1.05 bits per heavy atom. The van der Waals surface area contributed by atoms with Gasteiger partial charge in [-0.15, -0.1) is 0 Å². The van der Waals surface area contributed by atoms with Crippen molar-refractivity contribution in [2.45, 2.75) is 174 Å². The molecule has 0 N–H and O–H groups in total. The first-order valence-electron chi connectivity index (χ1n) is 18.0. The molecule has 0 aromatic rings. The van der Waals surface area contributed by atoms with E-state index >= 15 is 0 Å². The number of aliphatic carboxylic acids is 1. The third-order valence-corrected chi connectivity index (χ3v) is 8.30. The summed E-state index contributed by atoms with van der Waals surface area (Å²) >= 11 is 0. The summed E-state index contributed by atoms with van der Waals surface area (Å²) in [5.74, 6) is -1.92. The maximum absolute atomic E-state index is 12.4. The van der Waals surface area contributed by atoms with Crippen molar-refractivity contribution in [3.63, 3.8) is 0 Å². The van der Waals surface area contributed by atoms with Gasteiger partial charge in [0.2, 0.25) is 0 Å². The number of unbranched alkanes of at least 4 members (excludes halogenated alkanes) is 20. The summed E-state index contributed by atoms with van der Waals surface area (Å²) in [6, 6.07) is -0.714. The van der Waals surface area contributed by atoms with Crippen molar-refractivity contribution < 1.29 is 38.2 Å². The monoisotopic (exact) mass is 628 g/mol. The molecule has 0 aliphatic heterocycles. The van der Waals surface area contributed by atoms with E-state index in [2.05, 4.69) is 6.92 Å². The normalized spacial score (nSPS) is 13.0. The van der Waals surface area contributed by atoms with Gasteiger partial charge in [0.15, 0.2) is 6.10 Å². The lowest BCUT2D eigenvalue weighted by molar-refractivity contribution is -0.889. The van der Waals surface area contributed by atoms with E-state index in [0.29, 0.717) is 6.42 Å². The SMILES string of the molecule is CCCCCCCCCCCCCCCCCCCCCCCC(=O)OC(COCCC(C(=O)[O-])[N+](C)(C)C)COC(C)=O. The summed E-state index contributed by atoms with van der Waals surface area (Å²) in [5, 5.41) is 11.4. The number of carboxylic acids is 1. The first-order chi connectivity index (χ1) is 21.1. The Morgan fingerprint density at radius 3 is 1.41 bits per heavy atom. The van der Waals surface area contributed by atoms with Crippen LogP contribution in [-0.2, 0) is 28.6 Å². The molecule has 8 heteroatoms. The molecule has 2 atom stereocenters. The summed E-state index contributed by atoms with van der Waals surface area (Å²) < 4.78 is 16.3. The van der Waals surface area contributed by atoms with Crippen molar-refractivity contribution in [3.8, 4) is 0 Å². The van der Waals surface area contributed by atoms with Gasteiger partial charge in [-0.3, -0.25) is 9.59 Å². The standard InChI is InChI=1S/C36H69NO7/c1-6-7-8-9-10-11-12-13-14-15-16-17-18-19-20-21-22-23-24-25-26-27-35(39)44-33(31-43-32(2)38)30-42-29-28-34(36(40)41)37(3,4)5/h33-34H,6-31H2,1-5H3. The predicted molar refractivity (Wildman–Crippen MR) is 176 cm³/mol. The molecule has 0 saturated heterocycles. The van der Waals surface area contributed by atoms with Crippen molar-refractivity contribution in [3.05, 3.63) is 0 Å².